The Kier molecular flexibility index (Phi) is 19.2. The molecule has 56 heavy (non-hydrogen) atoms. The number of phenolic OH excluding ortho intramolecular Hbond substituents is 1. The van der Waals surface area contributed by atoms with Crippen LogP contribution in [0.4, 0.5) is 0 Å². The molecule has 2 aromatic rings. The molecule has 2 rings (SSSR count). The number of nitrogens with two attached hydrogens (primary N) is 3. The molecule has 1 aromatic carbocycles. The molecule has 5 amide bonds. The van der Waals surface area contributed by atoms with Gasteiger partial charge in [0, 0.05) is 31.3 Å². The number of nitrogens with one attached hydrogen (secondary N) is 6. The van der Waals surface area contributed by atoms with Gasteiger partial charge >= 0.3 is 5.97 Å². The van der Waals surface area contributed by atoms with Gasteiger partial charge in [0.1, 0.15) is 36.0 Å². The van der Waals surface area contributed by atoms with Gasteiger partial charge in [-0.1, -0.05) is 39.8 Å². The maximum Gasteiger partial charge on any atom is 0.328 e. The molecule has 20 nitrogen and oxygen atoms in total. The van der Waals surface area contributed by atoms with E-state index in [0.29, 0.717) is 17.7 Å². The lowest BCUT2D eigenvalue weighted by Crippen LogP contribution is -2.60. The van der Waals surface area contributed by atoms with Gasteiger partial charge in [0.25, 0.3) is 0 Å². The molecule has 1 heterocycles. The second-order valence-corrected chi connectivity index (χ2v) is 14.3. The summed E-state index contributed by atoms with van der Waals surface area (Å²) in [6.07, 6.45) is 3.22. The van der Waals surface area contributed by atoms with Gasteiger partial charge in [0.05, 0.1) is 19.0 Å². The Morgan fingerprint density at radius 2 is 1.27 bits per heavy atom. The highest BCUT2D eigenvalue weighted by Crippen LogP contribution is 2.14. The van der Waals surface area contributed by atoms with E-state index in [-0.39, 0.29) is 62.2 Å². The van der Waals surface area contributed by atoms with Crippen LogP contribution in [-0.2, 0) is 41.6 Å². The van der Waals surface area contributed by atoms with E-state index in [1.165, 1.54) is 36.8 Å². The normalized spacial score (nSPS) is 14.4. The van der Waals surface area contributed by atoms with Crippen molar-refractivity contribution in [3.63, 3.8) is 0 Å². The number of carboxylic acids is 1. The number of hydrogen-bond acceptors (Lipinski definition) is 11. The molecular formula is C36H57N11O9. The summed E-state index contributed by atoms with van der Waals surface area (Å²) in [7, 11) is 0. The van der Waals surface area contributed by atoms with Crippen LogP contribution in [-0.4, -0.2) is 116 Å². The van der Waals surface area contributed by atoms with Crippen molar-refractivity contribution in [2.45, 2.75) is 102 Å². The largest absolute Gasteiger partial charge is 0.508 e. The van der Waals surface area contributed by atoms with Crippen LogP contribution in [0.2, 0.25) is 0 Å². The third-order valence-corrected chi connectivity index (χ3v) is 8.40. The smallest absolute Gasteiger partial charge is 0.328 e. The van der Waals surface area contributed by atoms with Crippen LogP contribution in [0.15, 0.2) is 41.8 Å². The number of amides is 5. The van der Waals surface area contributed by atoms with Gasteiger partial charge in [0.15, 0.2) is 5.96 Å². The number of rotatable bonds is 24. The standard InChI is InChI=1S/C36H57N11O9/c1-19(2)12-24(37)30(50)44-26(13-20(3)4)32(52)43-25(6-5-11-41-36(38)39)31(51)45-27(14-21-7-9-23(49)10-8-21)33(53)46-28(15-22-16-40-18-42-22)34(54)47-29(17-48)35(55)56/h7-10,16,18-20,24-29,48-49H,5-6,11-15,17,37H2,1-4H3,(H,40,42)(H,43,52)(H,44,50)(H,45,51)(H,46,53)(H,47,54)(H,55,56)(H4,38,39,41)/t24-,25-,26-,27-,28-,29-/m0/s1. The Morgan fingerprint density at radius 1 is 0.750 bits per heavy atom. The Morgan fingerprint density at radius 3 is 1.79 bits per heavy atom. The van der Waals surface area contributed by atoms with Crippen molar-refractivity contribution >= 4 is 41.5 Å². The van der Waals surface area contributed by atoms with Crippen molar-refractivity contribution in [2.24, 2.45) is 34.0 Å². The van der Waals surface area contributed by atoms with Crippen LogP contribution >= 0.6 is 0 Å². The van der Waals surface area contributed by atoms with Crippen molar-refractivity contribution in [3.05, 3.63) is 48.0 Å². The van der Waals surface area contributed by atoms with E-state index < -0.39 is 78.4 Å². The van der Waals surface area contributed by atoms with E-state index in [9.17, 15) is 44.1 Å². The van der Waals surface area contributed by atoms with Gasteiger partial charge in [-0.25, -0.2) is 9.78 Å². The zero-order valence-corrected chi connectivity index (χ0v) is 32.2. The zero-order chi connectivity index (χ0) is 41.9. The average Bonchev–Trinajstić information content (AvgIpc) is 3.64. The molecule has 310 valence electrons. The van der Waals surface area contributed by atoms with Gasteiger partial charge in [-0.3, -0.25) is 29.0 Å². The van der Waals surface area contributed by atoms with E-state index in [2.05, 4.69) is 41.5 Å². The van der Waals surface area contributed by atoms with Crippen molar-refractivity contribution < 1.29 is 44.1 Å². The lowest BCUT2D eigenvalue weighted by atomic mass is 9.99. The maximum atomic E-state index is 14.1. The number of aromatic nitrogens is 2. The van der Waals surface area contributed by atoms with Gasteiger partial charge in [-0.05, 0) is 55.2 Å². The third kappa shape index (κ3) is 16.7. The maximum absolute atomic E-state index is 14.1. The SMILES string of the molecule is CC(C)C[C@H](NC(=O)[C@@H](N)CC(C)C)C(=O)N[C@@H](CCCN=C(N)N)C(=O)N[C@@H](Cc1ccc(O)cc1)C(=O)N[C@@H](Cc1cnc[nH]1)C(=O)N[C@@H](CO)C(=O)O. The number of carbonyl (C=O) groups excluding carboxylic acids is 5. The second-order valence-electron chi connectivity index (χ2n) is 14.3. The number of aromatic hydroxyl groups is 1. The topological polar surface area (TPSA) is 342 Å². The van der Waals surface area contributed by atoms with Crippen LogP contribution in [0.5, 0.6) is 5.75 Å². The minimum atomic E-state index is -1.67. The number of aliphatic hydroxyl groups excluding tert-OH is 1. The molecule has 0 fully saturated rings. The molecule has 0 aliphatic heterocycles. The predicted octanol–water partition coefficient (Wildman–Crippen LogP) is -2.13. The Labute approximate surface area is 325 Å². The molecule has 20 heteroatoms. The highest BCUT2D eigenvalue weighted by atomic mass is 16.4. The van der Waals surface area contributed by atoms with Crippen molar-refractivity contribution in [1.82, 2.24) is 36.6 Å². The molecule has 0 radical (unpaired) electrons. The first-order valence-corrected chi connectivity index (χ1v) is 18.3. The molecule has 0 saturated carbocycles. The fraction of sp³-hybridized carbons (Fsp3) is 0.556. The lowest BCUT2D eigenvalue weighted by Gasteiger charge is -2.27. The number of aliphatic hydroxyl groups is 1. The minimum absolute atomic E-state index is 0.000296. The number of aromatic amines is 1. The number of imidazole rings is 1. The van der Waals surface area contributed by atoms with E-state index in [0.717, 1.165) is 0 Å². The minimum Gasteiger partial charge on any atom is -0.508 e. The molecule has 6 atom stereocenters. The molecule has 1 aromatic heterocycles. The number of guanidine groups is 1. The van der Waals surface area contributed by atoms with Gasteiger partial charge in [-0.15, -0.1) is 0 Å². The first-order valence-electron chi connectivity index (χ1n) is 18.3. The van der Waals surface area contributed by atoms with E-state index in [1.54, 1.807) is 0 Å². The lowest BCUT2D eigenvalue weighted by molar-refractivity contribution is -0.143. The van der Waals surface area contributed by atoms with E-state index >= 15 is 0 Å². The van der Waals surface area contributed by atoms with Crippen LogP contribution in [0.25, 0.3) is 0 Å². The first-order chi connectivity index (χ1) is 26.4. The predicted molar refractivity (Wildman–Crippen MR) is 205 cm³/mol. The number of aliphatic carboxylic acids is 1. The number of nitrogens with zero attached hydrogens (tertiary/aromatic N) is 2. The monoisotopic (exact) mass is 787 g/mol. The summed E-state index contributed by atoms with van der Waals surface area (Å²) in [4.78, 5) is 90.3. The molecular weight excluding hydrogens is 730 g/mol. The quantitative estimate of drug-likeness (QED) is 0.0308. The fourth-order valence-electron chi connectivity index (χ4n) is 5.55. The third-order valence-electron chi connectivity index (χ3n) is 8.40. The number of phenols is 1. The van der Waals surface area contributed by atoms with Crippen LogP contribution in [0.1, 0.15) is 64.6 Å². The van der Waals surface area contributed by atoms with Gasteiger partial charge < -0.3 is 64.1 Å². The zero-order valence-electron chi connectivity index (χ0n) is 32.2. The van der Waals surface area contributed by atoms with E-state index in [1.807, 2.05) is 27.7 Å². The summed E-state index contributed by atoms with van der Waals surface area (Å²) in [5, 5.41) is 41.5. The first kappa shape index (κ1) is 46.4. The molecule has 0 bridgehead atoms. The molecule has 0 spiro atoms. The van der Waals surface area contributed by atoms with Crippen LogP contribution < -0.4 is 43.8 Å². The second kappa shape index (κ2) is 23.2. The number of carboxylic acid groups (broad SMARTS) is 1. The Balaban J connectivity index is 2.45. The van der Waals surface area contributed by atoms with Crippen molar-refractivity contribution in [2.75, 3.05) is 13.2 Å². The summed E-state index contributed by atoms with van der Waals surface area (Å²) in [5.74, 6) is -5.47. The number of carbonyl (C=O) groups is 6. The van der Waals surface area contributed by atoms with Crippen LogP contribution in [0.3, 0.4) is 0 Å². The van der Waals surface area contributed by atoms with Crippen molar-refractivity contribution in [1.29, 1.82) is 0 Å². The van der Waals surface area contributed by atoms with Crippen molar-refractivity contribution in [3.8, 4) is 5.75 Å². The van der Waals surface area contributed by atoms with Gasteiger partial charge in [-0.2, -0.15) is 0 Å². The number of aliphatic imine (C=N–C) groups is 1. The van der Waals surface area contributed by atoms with Crippen LogP contribution in [0, 0.1) is 11.8 Å². The summed E-state index contributed by atoms with van der Waals surface area (Å²) < 4.78 is 0. The molecule has 0 aliphatic carbocycles. The fourth-order valence-corrected chi connectivity index (χ4v) is 5.55. The summed E-state index contributed by atoms with van der Waals surface area (Å²) in [6, 6.07) is -1.87. The molecule has 0 aliphatic rings. The molecule has 0 saturated heterocycles. The van der Waals surface area contributed by atoms with Gasteiger partial charge in [0.2, 0.25) is 29.5 Å². The Bertz CT molecular complexity index is 1610. The highest BCUT2D eigenvalue weighted by molar-refractivity contribution is 5.96. The summed E-state index contributed by atoms with van der Waals surface area (Å²) in [6.45, 7) is 6.72. The average molecular weight is 788 g/mol. The number of hydrogen-bond donors (Lipinski definition) is 12. The Hall–Kier alpha value is -5.76. The molecule has 0 unspecified atom stereocenters. The highest BCUT2D eigenvalue weighted by Gasteiger charge is 2.33. The summed E-state index contributed by atoms with van der Waals surface area (Å²) in [5.41, 5.74) is 17.9. The molecule has 15 N–H and O–H groups in total. The number of benzene rings is 1. The van der Waals surface area contributed by atoms with E-state index in [4.69, 9.17) is 17.2 Å². The number of H-pyrrole nitrogens is 1. The summed E-state index contributed by atoms with van der Waals surface area (Å²) >= 11 is 0.